The van der Waals surface area contributed by atoms with Crippen LogP contribution in [0, 0.1) is 13.8 Å². The van der Waals surface area contributed by atoms with Crippen molar-refractivity contribution in [2.45, 2.75) is 13.8 Å². The van der Waals surface area contributed by atoms with Crippen LogP contribution in [0.3, 0.4) is 0 Å². The van der Waals surface area contributed by atoms with Gasteiger partial charge in [-0.25, -0.2) is 0 Å². The number of aromatic nitrogens is 2. The Hall–Kier alpha value is -1.82. The van der Waals surface area contributed by atoms with Crippen LogP contribution in [0.4, 0.5) is 5.69 Å². The van der Waals surface area contributed by atoms with Gasteiger partial charge in [0, 0.05) is 6.08 Å². The monoisotopic (exact) mass is 309 g/mol. The van der Waals surface area contributed by atoms with E-state index in [1.807, 2.05) is 13.8 Å². The molecule has 2 rings (SSSR count). The van der Waals surface area contributed by atoms with Crippen molar-refractivity contribution in [3.05, 3.63) is 40.0 Å². The zero-order chi connectivity index (χ0) is 13.1. The van der Waals surface area contributed by atoms with E-state index < -0.39 is 0 Å². The minimum atomic E-state index is -0.227. The molecular weight excluding hydrogens is 298 g/mol. The average molecular weight is 310 g/mol. The second kappa shape index (κ2) is 5.22. The fourth-order valence-corrected chi connectivity index (χ4v) is 1.79. The van der Waals surface area contributed by atoms with E-state index in [2.05, 4.69) is 31.4 Å². The lowest BCUT2D eigenvalue weighted by Crippen LogP contribution is -2.09. The van der Waals surface area contributed by atoms with Gasteiger partial charge in [-0.3, -0.25) is 9.89 Å². The number of furan rings is 1. The largest absolute Gasteiger partial charge is 0.450 e. The predicted octanol–water partition coefficient (Wildman–Crippen LogP) is 3.03. The maximum Gasteiger partial charge on any atom is 0.248 e. The summed E-state index contributed by atoms with van der Waals surface area (Å²) in [5.41, 5.74) is 2.30. The Bertz CT molecular complexity index is 579. The standard InChI is InChI=1S/C12H12BrN3O2/c1-7-12(8(2)16-15-7)14-11(17)6-4-9-3-5-10(13)18-9/h3-6H,1-2H3,(H,14,17)(H,15,16)/b6-4+. The highest BCUT2D eigenvalue weighted by Crippen LogP contribution is 2.17. The second-order valence-corrected chi connectivity index (χ2v) is 4.56. The van der Waals surface area contributed by atoms with Crippen LogP contribution >= 0.6 is 15.9 Å². The Morgan fingerprint density at radius 2 is 2.28 bits per heavy atom. The summed E-state index contributed by atoms with van der Waals surface area (Å²) in [4.78, 5) is 11.7. The number of halogens is 1. The van der Waals surface area contributed by atoms with Crippen molar-refractivity contribution in [1.82, 2.24) is 10.2 Å². The minimum Gasteiger partial charge on any atom is -0.450 e. The lowest BCUT2D eigenvalue weighted by atomic mass is 10.3. The number of aromatic amines is 1. The molecule has 0 radical (unpaired) electrons. The molecule has 2 N–H and O–H groups in total. The summed E-state index contributed by atoms with van der Waals surface area (Å²) in [6, 6.07) is 3.53. The summed E-state index contributed by atoms with van der Waals surface area (Å²) < 4.78 is 5.88. The van der Waals surface area contributed by atoms with Crippen LogP contribution in [-0.2, 0) is 4.79 Å². The molecule has 6 heteroatoms. The number of rotatable bonds is 3. The van der Waals surface area contributed by atoms with E-state index in [0.717, 1.165) is 11.4 Å². The van der Waals surface area contributed by atoms with Gasteiger partial charge in [0.05, 0.1) is 17.1 Å². The number of amides is 1. The number of hydrogen-bond acceptors (Lipinski definition) is 3. The van der Waals surface area contributed by atoms with E-state index in [4.69, 9.17) is 4.42 Å². The van der Waals surface area contributed by atoms with Crippen LogP contribution in [0.25, 0.3) is 6.08 Å². The SMILES string of the molecule is Cc1n[nH]c(C)c1NC(=O)/C=C/c1ccc(Br)o1. The molecule has 0 aromatic carbocycles. The third kappa shape index (κ3) is 2.89. The number of nitrogens with zero attached hydrogens (tertiary/aromatic N) is 1. The highest BCUT2D eigenvalue weighted by molar-refractivity contribution is 9.10. The molecule has 2 aromatic heterocycles. The predicted molar refractivity (Wildman–Crippen MR) is 72.1 cm³/mol. The van der Waals surface area contributed by atoms with Gasteiger partial charge in [-0.15, -0.1) is 0 Å². The summed E-state index contributed by atoms with van der Waals surface area (Å²) in [7, 11) is 0. The molecular formula is C12H12BrN3O2. The Kier molecular flexibility index (Phi) is 3.66. The molecule has 18 heavy (non-hydrogen) atoms. The number of nitrogens with one attached hydrogen (secondary N) is 2. The molecule has 2 aromatic rings. The first kappa shape index (κ1) is 12.6. The topological polar surface area (TPSA) is 70.9 Å². The van der Waals surface area contributed by atoms with E-state index in [0.29, 0.717) is 16.1 Å². The Morgan fingerprint density at radius 1 is 1.50 bits per heavy atom. The van der Waals surface area contributed by atoms with Crippen molar-refractivity contribution >= 4 is 33.6 Å². The van der Waals surface area contributed by atoms with Gasteiger partial charge >= 0.3 is 0 Å². The van der Waals surface area contributed by atoms with Gasteiger partial charge in [-0.05, 0) is 48.0 Å². The third-order valence-electron chi connectivity index (χ3n) is 2.37. The smallest absolute Gasteiger partial charge is 0.248 e. The van der Waals surface area contributed by atoms with Crippen molar-refractivity contribution in [1.29, 1.82) is 0 Å². The molecule has 0 unspecified atom stereocenters. The van der Waals surface area contributed by atoms with Crippen molar-refractivity contribution in [3.63, 3.8) is 0 Å². The fraction of sp³-hybridized carbons (Fsp3) is 0.167. The molecule has 1 amide bonds. The summed E-state index contributed by atoms with van der Waals surface area (Å²) in [5.74, 6) is 0.382. The molecule has 0 aliphatic rings. The van der Waals surface area contributed by atoms with Gasteiger partial charge in [-0.2, -0.15) is 5.10 Å². The van der Waals surface area contributed by atoms with Crippen molar-refractivity contribution in [3.8, 4) is 0 Å². The van der Waals surface area contributed by atoms with Crippen LogP contribution < -0.4 is 5.32 Å². The first-order valence-electron chi connectivity index (χ1n) is 5.32. The average Bonchev–Trinajstić information content (AvgIpc) is 2.87. The number of aryl methyl sites for hydroxylation is 2. The third-order valence-corrected chi connectivity index (χ3v) is 2.80. The number of hydrogen-bond donors (Lipinski definition) is 2. The number of H-pyrrole nitrogens is 1. The number of carbonyl (C=O) groups excluding carboxylic acids is 1. The highest BCUT2D eigenvalue weighted by atomic mass is 79.9. The summed E-state index contributed by atoms with van der Waals surface area (Å²) in [6.45, 7) is 3.68. The van der Waals surface area contributed by atoms with E-state index in [9.17, 15) is 4.79 Å². The fourth-order valence-electron chi connectivity index (χ4n) is 1.48. The van der Waals surface area contributed by atoms with Gasteiger partial charge in [0.15, 0.2) is 4.67 Å². The maximum atomic E-state index is 11.7. The molecule has 0 aliphatic carbocycles. The highest BCUT2D eigenvalue weighted by Gasteiger charge is 2.08. The van der Waals surface area contributed by atoms with Gasteiger partial charge in [0.1, 0.15) is 5.76 Å². The maximum absolute atomic E-state index is 11.7. The molecule has 0 spiro atoms. The van der Waals surface area contributed by atoms with E-state index in [1.165, 1.54) is 6.08 Å². The lowest BCUT2D eigenvalue weighted by Gasteiger charge is -2.00. The number of carbonyl (C=O) groups is 1. The molecule has 2 heterocycles. The van der Waals surface area contributed by atoms with Crippen LogP contribution in [0.2, 0.25) is 0 Å². The first-order valence-corrected chi connectivity index (χ1v) is 6.11. The molecule has 94 valence electrons. The molecule has 0 fully saturated rings. The first-order chi connectivity index (χ1) is 8.56. The zero-order valence-corrected chi connectivity index (χ0v) is 11.5. The van der Waals surface area contributed by atoms with Gasteiger partial charge in [0.2, 0.25) is 5.91 Å². The van der Waals surface area contributed by atoms with E-state index in [1.54, 1.807) is 18.2 Å². The quantitative estimate of drug-likeness (QED) is 0.856. The van der Waals surface area contributed by atoms with Crippen LogP contribution in [0.5, 0.6) is 0 Å². The van der Waals surface area contributed by atoms with Gasteiger partial charge in [0.25, 0.3) is 0 Å². The molecule has 0 bridgehead atoms. The Balaban J connectivity index is 2.03. The molecule has 0 atom stereocenters. The summed E-state index contributed by atoms with van der Waals surface area (Å²) in [6.07, 6.45) is 3.02. The second-order valence-electron chi connectivity index (χ2n) is 3.77. The van der Waals surface area contributed by atoms with E-state index >= 15 is 0 Å². The summed E-state index contributed by atoms with van der Waals surface area (Å²) >= 11 is 3.19. The molecule has 0 saturated carbocycles. The van der Waals surface area contributed by atoms with Crippen molar-refractivity contribution in [2.24, 2.45) is 0 Å². The Labute approximate surface area is 112 Å². The molecule has 0 saturated heterocycles. The van der Waals surface area contributed by atoms with Crippen LogP contribution in [0.15, 0.2) is 27.3 Å². The zero-order valence-electron chi connectivity index (χ0n) is 9.95. The Morgan fingerprint density at radius 3 is 2.83 bits per heavy atom. The minimum absolute atomic E-state index is 0.227. The normalized spacial score (nSPS) is 11.1. The van der Waals surface area contributed by atoms with Crippen molar-refractivity contribution in [2.75, 3.05) is 5.32 Å². The molecule has 5 nitrogen and oxygen atoms in total. The molecule has 0 aliphatic heterocycles. The van der Waals surface area contributed by atoms with E-state index in [-0.39, 0.29) is 5.91 Å². The number of anilines is 1. The van der Waals surface area contributed by atoms with Gasteiger partial charge < -0.3 is 9.73 Å². The van der Waals surface area contributed by atoms with Crippen molar-refractivity contribution < 1.29 is 9.21 Å². The lowest BCUT2D eigenvalue weighted by molar-refractivity contribution is -0.111. The summed E-state index contributed by atoms with van der Waals surface area (Å²) in [5, 5.41) is 9.57. The van der Waals surface area contributed by atoms with Crippen LogP contribution in [0.1, 0.15) is 17.1 Å². The van der Waals surface area contributed by atoms with Gasteiger partial charge in [-0.1, -0.05) is 0 Å². The van der Waals surface area contributed by atoms with Crippen LogP contribution in [-0.4, -0.2) is 16.1 Å².